The van der Waals surface area contributed by atoms with Crippen molar-refractivity contribution in [3.63, 3.8) is 0 Å². The molecule has 3 rings (SSSR count). The van der Waals surface area contributed by atoms with E-state index in [-0.39, 0.29) is 23.7 Å². The third-order valence-electron chi connectivity index (χ3n) is 4.52. The van der Waals surface area contributed by atoms with Crippen molar-refractivity contribution in [2.24, 2.45) is 0 Å². The van der Waals surface area contributed by atoms with Gasteiger partial charge in [-0.15, -0.1) is 0 Å². The summed E-state index contributed by atoms with van der Waals surface area (Å²) in [6.45, 7) is 4.48. The van der Waals surface area contributed by atoms with Gasteiger partial charge < -0.3 is 24.3 Å². The summed E-state index contributed by atoms with van der Waals surface area (Å²) in [5.41, 5.74) is -0.226. The fraction of sp³-hybridized carbons (Fsp3) is 0.208. The number of nitro benzene ring substituents is 1. The first-order valence-corrected chi connectivity index (χ1v) is 10.3. The number of carbonyl (C=O) groups is 1. The maximum Gasteiger partial charge on any atom is 0.286 e. The Morgan fingerprint density at radius 3 is 2.21 bits per heavy atom. The minimum atomic E-state index is -0.689. The van der Waals surface area contributed by atoms with Crippen molar-refractivity contribution in [3.8, 4) is 28.7 Å². The molecule has 1 N–H and O–H groups in total. The smallest absolute Gasteiger partial charge is 0.286 e. The summed E-state index contributed by atoms with van der Waals surface area (Å²) in [7, 11) is 1.39. The Balaban J connectivity index is 1.88. The van der Waals surface area contributed by atoms with Gasteiger partial charge in [0.2, 0.25) is 0 Å². The van der Waals surface area contributed by atoms with E-state index in [1.54, 1.807) is 55.5 Å². The third kappa shape index (κ3) is 5.70. The number of rotatable bonds is 10. The molecule has 0 radical (unpaired) electrons. The van der Waals surface area contributed by atoms with E-state index in [1.807, 2.05) is 6.92 Å². The van der Waals surface area contributed by atoms with Crippen molar-refractivity contribution in [3.05, 3.63) is 76.3 Å². The zero-order valence-corrected chi connectivity index (χ0v) is 18.5. The first-order valence-electron chi connectivity index (χ1n) is 10.3. The van der Waals surface area contributed by atoms with E-state index in [9.17, 15) is 14.9 Å². The number of ether oxygens (including phenoxy) is 4. The number of carbonyl (C=O) groups excluding carboxylic acids is 1. The van der Waals surface area contributed by atoms with Gasteiger partial charge in [-0.1, -0.05) is 12.1 Å². The molecule has 3 aromatic carbocycles. The first kappa shape index (κ1) is 23.4. The molecule has 9 nitrogen and oxygen atoms in total. The van der Waals surface area contributed by atoms with Gasteiger partial charge in [0.15, 0.2) is 17.2 Å². The molecule has 0 fully saturated rings. The number of anilines is 1. The molecule has 0 atom stereocenters. The zero-order valence-electron chi connectivity index (χ0n) is 18.5. The van der Waals surface area contributed by atoms with Gasteiger partial charge in [-0.3, -0.25) is 14.9 Å². The van der Waals surface area contributed by atoms with Gasteiger partial charge in [0, 0.05) is 6.07 Å². The van der Waals surface area contributed by atoms with E-state index in [0.717, 1.165) is 0 Å². The standard InChI is InChI=1S/C24H24N2O7/c1-4-31-16-10-12-17(13-11-16)33-21-9-7-6-8-19(21)25-24(27)18-14-22(30-3)23(32-5-2)15-20(18)26(28)29/h6-15H,4-5H2,1-3H3,(H,25,27). The van der Waals surface area contributed by atoms with Gasteiger partial charge >= 0.3 is 0 Å². The van der Waals surface area contributed by atoms with Crippen LogP contribution in [0.15, 0.2) is 60.7 Å². The Kier molecular flexibility index (Phi) is 7.69. The Morgan fingerprint density at radius 1 is 0.909 bits per heavy atom. The first-order chi connectivity index (χ1) is 16.0. The molecule has 0 saturated carbocycles. The van der Waals surface area contributed by atoms with Gasteiger partial charge in [-0.2, -0.15) is 0 Å². The number of hydrogen-bond acceptors (Lipinski definition) is 7. The highest BCUT2D eigenvalue weighted by atomic mass is 16.6. The van der Waals surface area contributed by atoms with Crippen LogP contribution in [0.25, 0.3) is 0 Å². The van der Waals surface area contributed by atoms with Crippen molar-refractivity contribution in [1.82, 2.24) is 0 Å². The van der Waals surface area contributed by atoms with Crippen LogP contribution >= 0.6 is 0 Å². The summed E-state index contributed by atoms with van der Waals surface area (Å²) >= 11 is 0. The molecule has 0 spiro atoms. The molecule has 0 unspecified atom stereocenters. The molecular weight excluding hydrogens is 428 g/mol. The van der Waals surface area contributed by atoms with Crippen LogP contribution in [0.2, 0.25) is 0 Å². The second kappa shape index (κ2) is 10.9. The SMILES string of the molecule is CCOc1ccc(Oc2ccccc2NC(=O)c2cc(OC)c(OCC)cc2[N+](=O)[O-])cc1. The summed E-state index contributed by atoms with van der Waals surface area (Å²) in [4.78, 5) is 24.0. The van der Waals surface area contributed by atoms with Gasteiger partial charge in [0.1, 0.15) is 17.1 Å². The van der Waals surface area contributed by atoms with Gasteiger partial charge in [0.05, 0.1) is 37.0 Å². The average molecular weight is 452 g/mol. The Morgan fingerprint density at radius 2 is 1.58 bits per heavy atom. The van der Waals surface area contributed by atoms with Crippen LogP contribution in [0.5, 0.6) is 28.7 Å². The van der Waals surface area contributed by atoms with Crippen molar-refractivity contribution in [1.29, 1.82) is 0 Å². The van der Waals surface area contributed by atoms with Crippen LogP contribution in [-0.2, 0) is 0 Å². The number of methoxy groups -OCH3 is 1. The van der Waals surface area contributed by atoms with E-state index < -0.39 is 16.5 Å². The second-order valence-electron chi connectivity index (χ2n) is 6.67. The van der Waals surface area contributed by atoms with Crippen molar-refractivity contribution >= 4 is 17.3 Å². The maximum atomic E-state index is 13.0. The van der Waals surface area contributed by atoms with E-state index in [2.05, 4.69) is 5.32 Å². The topological polar surface area (TPSA) is 109 Å². The lowest BCUT2D eigenvalue weighted by Gasteiger charge is -2.14. The number of nitrogens with zero attached hydrogens (tertiary/aromatic N) is 1. The molecule has 1 amide bonds. The highest BCUT2D eigenvalue weighted by Gasteiger charge is 2.25. The number of amides is 1. The fourth-order valence-electron chi connectivity index (χ4n) is 3.06. The minimum absolute atomic E-state index is 0.170. The highest BCUT2D eigenvalue weighted by molar-refractivity contribution is 6.08. The number of benzene rings is 3. The molecule has 0 aromatic heterocycles. The van der Waals surface area contributed by atoms with Crippen molar-refractivity contribution < 1.29 is 28.7 Å². The predicted octanol–water partition coefficient (Wildman–Crippen LogP) is 5.45. The van der Waals surface area contributed by atoms with E-state index in [4.69, 9.17) is 18.9 Å². The van der Waals surface area contributed by atoms with E-state index in [0.29, 0.717) is 29.5 Å². The summed E-state index contributed by atoms with van der Waals surface area (Å²) in [6, 6.07) is 16.3. The predicted molar refractivity (Wildman–Crippen MR) is 123 cm³/mol. The van der Waals surface area contributed by atoms with Crippen molar-refractivity contribution in [2.75, 3.05) is 25.6 Å². The van der Waals surface area contributed by atoms with Crippen LogP contribution in [0.3, 0.4) is 0 Å². The molecule has 0 heterocycles. The number of para-hydroxylation sites is 2. The highest BCUT2D eigenvalue weighted by Crippen LogP contribution is 2.36. The number of nitrogens with one attached hydrogen (secondary N) is 1. The van der Waals surface area contributed by atoms with Crippen LogP contribution < -0.4 is 24.3 Å². The summed E-state index contributed by atoms with van der Waals surface area (Å²) in [6.07, 6.45) is 0. The normalized spacial score (nSPS) is 10.3. The largest absolute Gasteiger partial charge is 0.494 e. The average Bonchev–Trinajstić information content (AvgIpc) is 2.81. The molecule has 172 valence electrons. The second-order valence-corrected chi connectivity index (χ2v) is 6.67. The van der Waals surface area contributed by atoms with Crippen molar-refractivity contribution in [2.45, 2.75) is 13.8 Å². The molecule has 3 aromatic rings. The number of nitro groups is 1. The third-order valence-corrected chi connectivity index (χ3v) is 4.52. The van der Waals surface area contributed by atoms with Gasteiger partial charge in [-0.25, -0.2) is 0 Å². The molecule has 0 aliphatic heterocycles. The molecule has 0 bridgehead atoms. The van der Waals surface area contributed by atoms with Crippen LogP contribution in [0, 0.1) is 10.1 Å². The maximum absolute atomic E-state index is 13.0. The Labute approximate surface area is 191 Å². The summed E-state index contributed by atoms with van der Waals surface area (Å²) in [5.74, 6) is 1.33. The summed E-state index contributed by atoms with van der Waals surface area (Å²) < 4.78 is 22.0. The molecular formula is C24H24N2O7. The molecule has 0 saturated heterocycles. The lowest BCUT2D eigenvalue weighted by Crippen LogP contribution is -2.15. The van der Waals surface area contributed by atoms with E-state index >= 15 is 0 Å². The van der Waals surface area contributed by atoms with E-state index in [1.165, 1.54) is 19.2 Å². The Bertz CT molecular complexity index is 1130. The van der Waals surface area contributed by atoms with Gasteiger partial charge in [-0.05, 0) is 50.2 Å². The van der Waals surface area contributed by atoms with Crippen LogP contribution in [0.4, 0.5) is 11.4 Å². The lowest BCUT2D eigenvalue weighted by atomic mass is 10.1. The molecule has 0 aliphatic carbocycles. The number of hydrogen-bond donors (Lipinski definition) is 1. The molecule has 33 heavy (non-hydrogen) atoms. The lowest BCUT2D eigenvalue weighted by molar-refractivity contribution is -0.385. The minimum Gasteiger partial charge on any atom is -0.494 e. The zero-order chi connectivity index (χ0) is 23.8. The quantitative estimate of drug-likeness (QED) is 0.322. The molecule has 9 heteroatoms. The van der Waals surface area contributed by atoms with Crippen LogP contribution in [-0.4, -0.2) is 31.2 Å². The monoisotopic (exact) mass is 452 g/mol. The molecule has 0 aliphatic rings. The Hall–Kier alpha value is -4.27. The van der Waals surface area contributed by atoms with Gasteiger partial charge in [0.25, 0.3) is 11.6 Å². The van der Waals surface area contributed by atoms with Crippen LogP contribution in [0.1, 0.15) is 24.2 Å². The fourth-order valence-corrected chi connectivity index (χ4v) is 3.06. The summed E-state index contributed by atoms with van der Waals surface area (Å²) in [5, 5.41) is 14.3.